The number of allylic oxidation sites excluding steroid dienone is 2. The van der Waals surface area contributed by atoms with Crippen LogP contribution < -0.4 is 4.74 Å². The minimum Gasteiger partial charge on any atom is -0.462 e. The molecule has 1 atom stereocenters. The van der Waals surface area contributed by atoms with Crippen molar-refractivity contribution in [2.45, 2.75) is 32.1 Å². The van der Waals surface area contributed by atoms with Crippen LogP contribution in [0.3, 0.4) is 0 Å². The van der Waals surface area contributed by atoms with Crippen LogP contribution in [-0.4, -0.2) is 18.5 Å². The maximum Gasteiger partial charge on any atom is 0.343 e. The predicted octanol–water partition coefficient (Wildman–Crippen LogP) is 6.43. The molecule has 0 bridgehead atoms. The van der Waals surface area contributed by atoms with Crippen LogP contribution in [0.2, 0.25) is 0 Å². The van der Waals surface area contributed by atoms with Crippen LogP contribution in [0.5, 0.6) is 5.75 Å². The lowest BCUT2D eigenvalue weighted by Crippen LogP contribution is -2.10. The fraction of sp³-hybridized carbons (Fsp3) is 0.214. The molecule has 0 fully saturated rings. The first-order valence-electron chi connectivity index (χ1n) is 11.0. The normalized spacial score (nSPS) is 15.5. The van der Waals surface area contributed by atoms with Crippen LogP contribution in [0.15, 0.2) is 84.9 Å². The van der Waals surface area contributed by atoms with E-state index >= 15 is 0 Å². The highest BCUT2D eigenvalue weighted by Gasteiger charge is 2.22. The summed E-state index contributed by atoms with van der Waals surface area (Å²) in [6.45, 7) is 2.17. The van der Waals surface area contributed by atoms with Crippen LogP contribution >= 0.6 is 0 Å². The summed E-state index contributed by atoms with van der Waals surface area (Å²) >= 11 is 0. The van der Waals surface area contributed by atoms with Crippen LogP contribution in [0.4, 0.5) is 0 Å². The number of carbonyl (C=O) groups excluding carboxylic acids is 2. The number of ether oxygens (including phenoxy) is 2. The summed E-state index contributed by atoms with van der Waals surface area (Å²) in [7, 11) is 0. The van der Waals surface area contributed by atoms with E-state index in [9.17, 15) is 9.59 Å². The minimum atomic E-state index is -0.369. The number of esters is 2. The zero-order chi connectivity index (χ0) is 22.3. The van der Waals surface area contributed by atoms with Crippen LogP contribution in [0.1, 0.15) is 63.9 Å². The van der Waals surface area contributed by atoms with Gasteiger partial charge in [0.25, 0.3) is 0 Å². The van der Waals surface area contributed by atoms with Gasteiger partial charge in [-0.05, 0) is 79.3 Å². The van der Waals surface area contributed by atoms with E-state index in [4.69, 9.17) is 9.47 Å². The van der Waals surface area contributed by atoms with Gasteiger partial charge < -0.3 is 9.47 Å². The molecule has 4 nitrogen and oxygen atoms in total. The molecule has 0 amide bonds. The van der Waals surface area contributed by atoms with Gasteiger partial charge in [0.15, 0.2) is 0 Å². The minimum absolute atomic E-state index is 0.252. The van der Waals surface area contributed by atoms with Gasteiger partial charge in [-0.25, -0.2) is 9.59 Å². The van der Waals surface area contributed by atoms with E-state index in [1.165, 1.54) is 11.1 Å². The summed E-state index contributed by atoms with van der Waals surface area (Å²) in [6.07, 6.45) is 5.48. The number of hydrogen-bond donors (Lipinski definition) is 0. The second kappa shape index (κ2) is 10.1. The number of para-hydroxylation sites is 1. The molecule has 4 heteroatoms. The Kier molecular flexibility index (Phi) is 6.81. The average molecular weight is 427 g/mol. The monoisotopic (exact) mass is 426 g/mol. The molecule has 0 radical (unpaired) electrons. The van der Waals surface area contributed by atoms with Crippen molar-refractivity contribution in [3.05, 3.63) is 107 Å². The lowest BCUT2D eigenvalue weighted by atomic mass is 9.79. The molecule has 0 unspecified atom stereocenters. The van der Waals surface area contributed by atoms with E-state index in [1.54, 1.807) is 19.1 Å². The lowest BCUT2D eigenvalue weighted by Gasteiger charge is -2.25. The first kappa shape index (κ1) is 21.6. The van der Waals surface area contributed by atoms with Gasteiger partial charge >= 0.3 is 11.9 Å². The Labute approximate surface area is 188 Å². The molecule has 0 aromatic heterocycles. The highest BCUT2D eigenvalue weighted by molar-refractivity contribution is 5.92. The molecule has 0 saturated carbocycles. The van der Waals surface area contributed by atoms with Gasteiger partial charge in [0.05, 0.1) is 17.7 Å². The number of hydrogen-bond acceptors (Lipinski definition) is 4. The Bertz CT molecular complexity index is 1100. The number of benzene rings is 3. The predicted molar refractivity (Wildman–Crippen MR) is 125 cm³/mol. The summed E-state index contributed by atoms with van der Waals surface area (Å²) in [5.74, 6) is 0.118. The van der Waals surface area contributed by atoms with E-state index < -0.39 is 0 Å². The molecule has 0 saturated heterocycles. The maximum atomic E-state index is 12.4. The second-order valence-corrected chi connectivity index (χ2v) is 7.77. The van der Waals surface area contributed by atoms with Crippen LogP contribution in [0, 0.1) is 0 Å². The van der Waals surface area contributed by atoms with E-state index in [1.807, 2.05) is 66.7 Å². The largest absolute Gasteiger partial charge is 0.462 e. The molecular weight excluding hydrogens is 400 g/mol. The molecule has 4 rings (SSSR count). The summed E-state index contributed by atoms with van der Waals surface area (Å²) in [4.78, 5) is 24.4. The molecule has 32 heavy (non-hydrogen) atoms. The third-order valence-electron chi connectivity index (χ3n) is 5.67. The quantitative estimate of drug-likeness (QED) is 0.336. The molecule has 3 aromatic carbocycles. The molecule has 0 aliphatic heterocycles. The van der Waals surface area contributed by atoms with Gasteiger partial charge in [-0.15, -0.1) is 0 Å². The Morgan fingerprint density at radius 1 is 0.844 bits per heavy atom. The third-order valence-corrected chi connectivity index (χ3v) is 5.67. The zero-order valence-corrected chi connectivity index (χ0v) is 18.1. The highest BCUT2D eigenvalue weighted by Crippen LogP contribution is 2.40. The summed E-state index contributed by atoms with van der Waals surface area (Å²) in [5, 5.41) is 0. The lowest BCUT2D eigenvalue weighted by molar-refractivity contribution is 0.0526. The summed E-state index contributed by atoms with van der Waals surface area (Å²) in [5.41, 5.74) is 4.61. The van der Waals surface area contributed by atoms with Crippen molar-refractivity contribution in [1.29, 1.82) is 0 Å². The number of rotatable bonds is 6. The van der Waals surface area contributed by atoms with Crippen LogP contribution in [0.25, 0.3) is 5.57 Å². The Morgan fingerprint density at radius 2 is 1.50 bits per heavy atom. The molecule has 162 valence electrons. The van der Waals surface area contributed by atoms with Gasteiger partial charge in [0.1, 0.15) is 5.75 Å². The maximum absolute atomic E-state index is 12.4. The molecular formula is C28H26O4. The Balaban J connectivity index is 1.51. The fourth-order valence-corrected chi connectivity index (χ4v) is 4.06. The van der Waals surface area contributed by atoms with Crippen molar-refractivity contribution < 1.29 is 19.1 Å². The van der Waals surface area contributed by atoms with Crippen molar-refractivity contribution >= 4 is 17.5 Å². The van der Waals surface area contributed by atoms with Gasteiger partial charge in [0.2, 0.25) is 0 Å². The first-order chi connectivity index (χ1) is 15.7. The van der Waals surface area contributed by atoms with E-state index in [0.717, 1.165) is 24.8 Å². The number of carbonyl (C=O) groups is 2. The van der Waals surface area contributed by atoms with Crippen molar-refractivity contribution in [2.75, 3.05) is 6.61 Å². The molecule has 0 spiro atoms. The molecule has 3 aromatic rings. The van der Waals surface area contributed by atoms with Crippen molar-refractivity contribution in [1.82, 2.24) is 0 Å². The zero-order valence-electron chi connectivity index (χ0n) is 18.1. The average Bonchev–Trinajstić information content (AvgIpc) is 2.85. The molecule has 0 N–H and O–H groups in total. The highest BCUT2D eigenvalue weighted by atomic mass is 16.5. The molecule has 1 aliphatic carbocycles. The fourth-order valence-electron chi connectivity index (χ4n) is 4.06. The third kappa shape index (κ3) is 4.97. The van der Waals surface area contributed by atoms with Crippen molar-refractivity contribution in [3.63, 3.8) is 0 Å². The van der Waals surface area contributed by atoms with Gasteiger partial charge in [-0.3, -0.25) is 0 Å². The summed E-state index contributed by atoms with van der Waals surface area (Å²) in [6, 6.07) is 24.4. The standard InChI is InChI=1S/C28H26O4/c1-2-31-27(29)22-16-12-20(13-17-22)25-10-6-7-11-26(25)21-14-18-23(19-15-21)28(30)32-24-8-4-3-5-9-24/h3-5,8-9,11-19,25H,2,6-7,10H2,1H3/t25-/m1/s1. The Hall–Kier alpha value is -3.66. The van der Waals surface area contributed by atoms with E-state index in [2.05, 4.69) is 6.08 Å². The smallest absolute Gasteiger partial charge is 0.343 e. The van der Waals surface area contributed by atoms with E-state index in [0.29, 0.717) is 23.5 Å². The molecule has 1 aliphatic rings. The SMILES string of the molecule is CCOC(=O)c1ccc([C@H]2CCCC=C2c2ccc(C(=O)Oc3ccccc3)cc2)cc1. The van der Waals surface area contributed by atoms with Gasteiger partial charge in [-0.2, -0.15) is 0 Å². The molecule has 0 heterocycles. The first-order valence-corrected chi connectivity index (χ1v) is 11.0. The topological polar surface area (TPSA) is 52.6 Å². The van der Waals surface area contributed by atoms with Crippen molar-refractivity contribution in [3.8, 4) is 5.75 Å². The van der Waals surface area contributed by atoms with Crippen molar-refractivity contribution in [2.24, 2.45) is 0 Å². The van der Waals surface area contributed by atoms with Gasteiger partial charge in [-0.1, -0.05) is 48.5 Å². The van der Waals surface area contributed by atoms with Gasteiger partial charge in [0, 0.05) is 5.92 Å². The van der Waals surface area contributed by atoms with Crippen LogP contribution in [-0.2, 0) is 4.74 Å². The summed E-state index contributed by atoms with van der Waals surface area (Å²) < 4.78 is 10.5. The van der Waals surface area contributed by atoms with E-state index in [-0.39, 0.29) is 17.9 Å². The Morgan fingerprint density at radius 3 is 2.19 bits per heavy atom. The second-order valence-electron chi connectivity index (χ2n) is 7.77.